The van der Waals surface area contributed by atoms with Gasteiger partial charge in [-0.1, -0.05) is 29.3 Å². The van der Waals surface area contributed by atoms with Crippen LogP contribution < -0.4 is 5.32 Å². The summed E-state index contributed by atoms with van der Waals surface area (Å²) in [6.07, 6.45) is 1.99. The Morgan fingerprint density at radius 2 is 2.00 bits per heavy atom. The fourth-order valence-electron chi connectivity index (χ4n) is 4.83. The maximum absolute atomic E-state index is 12.0. The van der Waals surface area contributed by atoms with Crippen LogP contribution in [0.2, 0.25) is 10.0 Å². The zero-order chi connectivity index (χ0) is 20.8. The first kappa shape index (κ1) is 21.3. The Labute approximate surface area is 181 Å². The van der Waals surface area contributed by atoms with E-state index >= 15 is 0 Å². The Balaban J connectivity index is 1.57. The first-order valence-corrected chi connectivity index (χ1v) is 11.1. The minimum absolute atomic E-state index is 0.0152. The third kappa shape index (κ3) is 4.29. The summed E-state index contributed by atoms with van der Waals surface area (Å²) in [5, 5.41) is 25.8. The second-order valence-corrected chi connectivity index (χ2v) is 9.59. The molecule has 1 saturated carbocycles. The summed E-state index contributed by atoms with van der Waals surface area (Å²) < 4.78 is 0. The molecule has 4 atom stereocenters. The molecule has 2 unspecified atom stereocenters. The van der Waals surface area contributed by atoms with E-state index in [0.717, 1.165) is 31.4 Å². The smallest absolute Gasteiger partial charge is 0.237 e. The molecule has 8 heteroatoms. The molecule has 3 N–H and O–H groups in total. The topological polar surface area (TPSA) is 76.0 Å². The van der Waals surface area contributed by atoms with Crippen molar-refractivity contribution in [2.75, 3.05) is 32.7 Å². The number of carbonyl (C=O) groups excluding carboxylic acids is 1. The van der Waals surface area contributed by atoms with Gasteiger partial charge in [0, 0.05) is 26.2 Å². The average molecular weight is 442 g/mol. The molecule has 4 rings (SSSR count). The minimum Gasteiger partial charge on any atom is -0.391 e. The molecule has 1 aromatic rings. The zero-order valence-corrected chi connectivity index (χ0v) is 18.2. The summed E-state index contributed by atoms with van der Waals surface area (Å²) in [5.41, 5.74) is 0.961. The Morgan fingerprint density at radius 3 is 2.66 bits per heavy atom. The Bertz CT molecular complexity index is 774. The lowest BCUT2D eigenvalue weighted by Gasteiger charge is -2.44. The lowest BCUT2D eigenvalue weighted by Crippen LogP contribution is -2.57. The number of aliphatic hydroxyl groups excluding tert-OH is 2. The Kier molecular flexibility index (Phi) is 6.13. The van der Waals surface area contributed by atoms with E-state index in [1.165, 1.54) is 0 Å². The van der Waals surface area contributed by atoms with E-state index in [1.54, 1.807) is 12.1 Å². The molecular weight excluding hydrogens is 413 g/mol. The average Bonchev–Trinajstić information content (AvgIpc) is 3.46. The third-order valence-corrected chi connectivity index (χ3v) is 7.73. The van der Waals surface area contributed by atoms with Crippen molar-refractivity contribution in [3.05, 3.63) is 33.8 Å². The van der Waals surface area contributed by atoms with E-state index in [4.69, 9.17) is 23.2 Å². The molecule has 2 saturated heterocycles. The standard InChI is InChI=1S/C21H29Cl2N3O3/c1-13-20(29)24-7-9-25(13)11-17(27)19(14-2-3-15(22)16(23)10-14)26-8-6-21(4-5-21)18(28)12-26/h2-3,10,13,17-19,27-28H,4-9,11-12H2,1H3,(H,24,29)/t13-,17?,18+,19?/m0/s1. The summed E-state index contributed by atoms with van der Waals surface area (Å²) in [4.78, 5) is 16.2. The van der Waals surface area contributed by atoms with Gasteiger partial charge in [-0.3, -0.25) is 14.6 Å². The van der Waals surface area contributed by atoms with E-state index in [1.807, 2.05) is 17.9 Å². The van der Waals surface area contributed by atoms with Crippen LogP contribution in [0.1, 0.15) is 37.8 Å². The van der Waals surface area contributed by atoms with Crippen molar-refractivity contribution in [1.82, 2.24) is 15.1 Å². The number of β-amino-alcohol motifs (C(OH)–C–C–N with tert-alkyl or cyclic N) is 2. The first-order chi connectivity index (χ1) is 13.8. The Morgan fingerprint density at radius 1 is 1.24 bits per heavy atom. The highest BCUT2D eigenvalue weighted by Gasteiger charge is 2.52. The second kappa shape index (κ2) is 8.33. The lowest BCUT2D eigenvalue weighted by molar-refractivity contribution is -0.129. The molecule has 1 aliphatic carbocycles. The molecule has 2 aliphatic heterocycles. The number of benzene rings is 1. The quantitative estimate of drug-likeness (QED) is 0.651. The van der Waals surface area contributed by atoms with E-state index in [0.29, 0.717) is 36.2 Å². The van der Waals surface area contributed by atoms with Crippen LogP contribution in [0.3, 0.4) is 0 Å². The molecule has 1 aromatic carbocycles. The summed E-state index contributed by atoms with van der Waals surface area (Å²) in [7, 11) is 0. The number of nitrogens with zero attached hydrogens (tertiary/aromatic N) is 2. The number of piperidine rings is 1. The molecule has 1 spiro atoms. The third-order valence-electron chi connectivity index (χ3n) is 6.99. The van der Waals surface area contributed by atoms with Gasteiger partial charge in [0.15, 0.2) is 0 Å². The van der Waals surface area contributed by atoms with Gasteiger partial charge in [-0.25, -0.2) is 0 Å². The lowest BCUT2D eigenvalue weighted by atomic mass is 9.87. The number of hydrogen-bond donors (Lipinski definition) is 3. The van der Waals surface area contributed by atoms with Crippen LogP contribution in [0.4, 0.5) is 0 Å². The molecular formula is C21H29Cl2N3O3. The predicted molar refractivity (Wildman–Crippen MR) is 113 cm³/mol. The van der Waals surface area contributed by atoms with Crippen LogP contribution in [-0.4, -0.2) is 76.9 Å². The van der Waals surface area contributed by atoms with E-state index in [9.17, 15) is 15.0 Å². The number of halogens is 2. The van der Waals surface area contributed by atoms with Crippen molar-refractivity contribution in [2.24, 2.45) is 5.41 Å². The van der Waals surface area contributed by atoms with Gasteiger partial charge in [0.05, 0.1) is 34.3 Å². The summed E-state index contributed by atoms with van der Waals surface area (Å²) in [6.45, 7) is 4.85. The van der Waals surface area contributed by atoms with Gasteiger partial charge < -0.3 is 15.5 Å². The molecule has 0 aromatic heterocycles. The van der Waals surface area contributed by atoms with Gasteiger partial charge in [0.1, 0.15) is 0 Å². The van der Waals surface area contributed by atoms with Crippen LogP contribution >= 0.6 is 23.2 Å². The molecule has 2 heterocycles. The number of nitrogens with one attached hydrogen (secondary N) is 1. The Hall–Kier alpha value is -0.890. The highest BCUT2D eigenvalue weighted by molar-refractivity contribution is 6.42. The number of carbonyl (C=O) groups is 1. The number of amides is 1. The van der Waals surface area contributed by atoms with E-state index in [2.05, 4.69) is 10.2 Å². The predicted octanol–water partition coefficient (Wildman–Crippen LogP) is 2.06. The zero-order valence-electron chi connectivity index (χ0n) is 16.7. The fourth-order valence-corrected chi connectivity index (χ4v) is 5.13. The number of aliphatic hydroxyl groups is 2. The van der Waals surface area contributed by atoms with Crippen LogP contribution in [-0.2, 0) is 4.79 Å². The van der Waals surface area contributed by atoms with Crippen LogP contribution in [0.15, 0.2) is 18.2 Å². The summed E-state index contributed by atoms with van der Waals surface area (Å²) in [5.74, 6) is -0.0152. The van der Waals surface area contributed by atoms with Gasteiger partial charge in [-0.05, 0) is 55.8 Å². The van der Waals surface area contributed by atoms with Crippen molar-refractivity contribution in [3.63, 3.8) is 0 Å². The van der Waals surface area contributed by atoms with Gasteiger partial charge in [-0.15, -0.1) is 0 Å². The highest BCUT2D eigenvalue weighted by Crippen LogP contribution is 2.54. The molecule has 1 amide bonds. The first-order valence-electron chi connectivity index (χ1n) is 10.4. The number of hydrogen-bond acceptors (Lipinski definition) is 5. The molecule has 6 nitrogen and oxygen atoms in total. The van der Waals surface area contributed by atoms with Crippen molar-refractivity contribution >= 4 is 29.1 Å². The van der Waals surface area contributed by atoms with Gasteiger partial charge in [0.25, 0.3) is 0 Å². The monoisotopic (exact) mass is 441 g/mol. The minimum atomic E-state index is -0.735. The molecule has 29 heavy (non-hydrogen) atoms. The highest BCUT2D eigenvalue weighted by atomic mass is 35.5. The molecule has 160 valence electrons. The molecule has 0 radical (unpaired) electrons. The normalized spacial score (nSPS) is 29.5. The van der Waals surface area contributed by atoms with Gasteiger partial charge in [-0.2, -0.15) is 0 Å². The molecule has 3 fully saturated rings. The number of rotatable bonds is 5. The van der Waals surface area contributed by atoms with Gasteiger partial charge in [0.2, 0.25) is 5.91 Å². The van der Waals surface area contributed by atoms with Gasteiger partial charge >= 0.3 is 0 Å². The van der Waals surface area contributed by atoms with E-state index < -0.39 is 6.10 Å². The van der Waals surface area contributed by atoms with Crippen molar-refractivity contribution in [2.45, 2.75) is 50.5 Å². The maximum atomic E-state index is 12.0. The second-order valence-electron chi connectivity index (χ2n) is 8.77. The maximum Gasteiger partial charge on any atom is 0.237 e. The fraction of sp³-hybridized carbons (Fsp3) is 0.667. The SMILES string of the molecule is C[C@H]1C(=O)NCCN1CC(O)C(c1ccc(Cl)c(Cl)c1)N1CCC2(CC2)[C@H](O)C1. The summed E-state index contributed by atoms with van der Waals surface area (Å²) in [6, 6.07) is 4.83. The summed E-state index contributed by atoms with van der Waals surface area (Å²) >= 11 is 12.4. The molecule has 0 bridgehead atoms. The van der Waals surface area contributed by atoms with Crippen molar-refractivity contribution < 1.29 is 15.0 Å². The number of likely N-dealkylation sites (tertiary alicyclic amines) is 1. The van der Waals surface area contributed by atoms with Crippen LogP contribution in [0.25, 0.3) is 0 Å². The largest absolute Gasteiger partial charge is 0.391 e. The van der Waals surface area contributed by atoms with Crippen LogP contribution in [0.5, 0.6) is 0 Å². The molecule has 3 aliphatic rings. The van der Waals surface area contributed by atoms with Crippen molar-refractivity contribution in [3.8, 4) is 0 Å². The number of piperazine rings is 1. The van der Waals surface area contributed by atoms with Crippen molar-refractivity contribution in [1.29, 1.82) is 0 Å². The van der Waals surface area contributed by atoms with E-state index in [-0.39, 0.29) is 29.5 Å². The van der Waals surface area contributed by atoms with Crippen LogP contribution in [0, 0.1) is 5.41 Å².